The standard InChI is InChI=1S/C23H25N3O4/c27-22(26-10-9-17-5-1-2-6-18(17)26)15-24-11-13-25(14-12-24)23(28)21-16-29-19-7-3-4-8-20(19)30-21/h1-8,21H,9-16H2. The predicted molar refractivity (Wildman–Crippen MR) is 112 cm³/mol. The lowest BCUT2D eigenvalue weighted by atomic mass is 10.2. The SMILES string of the molecule is O=C(C1COc2ccccc2O1)N1CCN(CC(=O)N2CCc3ccccc32)CC1. The third kappa shape index (κ3) is 3.61. The summed E-state index contributed by atoms with van der Waals surface area (Å²) < 4.78 is 11.5. The lowest BCUT2D eigenvalue weighted by Crippen LogP contribution is -2.55. The lowest BCUT2D eigenvalue weighted by molar-refractivity contribution is -0.143. The maximum atomic E-state index is 12.9. The fourth-order valence-corrected chi connectivity index (χ4v) is 4.35. The number of amides is 2. The van der Waals surface area contributed by atoms with Crippen molar-refractivity contribution in [2.24, 2.45) is 0 Å². The molecule has 1 saturated heterocycles. The van der Waals surface area contributed by atoms with Gasteiger partial charge in [0.1, 0.15) is 6.61 Å². The highest BCUT2D eigenvalue weighted by Crippen LogP contribution is 2.31. The van der Waals surface area contributed by atoms with Gasteiger partial charge in [-0.1, -0.05) is 30.3 Å². The molecule has 2 amide bonds. The van der Waals surface area contributed by atoms with E-state index in [0.717, 1.165) is 18.7 Å². The van der Waals surface area contributed by atoms with Gasteiger partial charge in [-0.3, -0.25) is 14.5 Å². The molecule has 1 fully saturated rings. The Kier molecular flexibility index (Phi) is 5.04. The molecule has 1 unspecified atom stereocenters. The van der Waals surface area contributed by atoms with E-state index in [2.05, 4.69) is 11.0 Å². The van der Waals surface area contributed by atoms with Crippen LogP contribution in [-0.2, 0) is 16.0 Å². The largest absolute Gasteiger partial charge is 0.485 e. The van der Waals surface area contributed by atoms with Crippen LogP contribution < -0.4 is 14.4 Å². The molecule has 7 heteroatoms. The molecule has 3 aliphatic heterocycles. The quantitative estimate of drug-likeness (QED) is 0.773. The van der Waals surface area contributed by atoms with Crippen molar-refractivity contribution in [2.75, 3.05) is 50.8 Å². The van der Waals surface area contributed by atoms with Crippen LogP contribution in [0.4, 0.5) is 5.69 Å². The minimum Gasteiger partial charge on any atom is -0.485 e. The average molecular weight is 407 g/mol. The molecule has 30 heavy (non-hydrogen) atoms. The van der Waals surface area contributed by atoms with Crippen molar-refractivity contribution < 1.29 is 19.1 Å². The van der Waals surface area contributed by atoms with Crippen LogP contribution in [0.1, 0.15) is 5.56 Å². The number of piperazine rings is 1. The summed E-state index contributed by atoms with van der Waals surface area (Å²) in [5, 5.41) is 0. The fraction of sp³-hybridized carbons (Fsp3) is 0.391. The van der Waals surface area contributed by atoms with Crippen LogP contribution >= 0.6 is 0 Å². The van der Waals surface area contributed by atoms with E-state index in [1.54, 1.807) is 0 Å². The highest BCUT2D eigenvalue weighted by molar-refractivity contribution is 5.96. The number of carbonyl (C=O) groups is 2. The third-order valence-electron chi connectivity index (χ3n) is 6.02. The van der Waals surface area contributed by atoms with Gasteiger partial charge in [0.25, 0.3) is 5.91 Å². The zero-order valence-corrected chi connectivity index (χ0v) is 16.8. The van der Waals surface area contributed by atoms with Crippen molar-refractivity contribution in [1.29, 1.82) is 0 Å². The molecule has 0 spiro atoms. The molecule has 3 aliphatic rings. The van der Waals surface area contributed by atoms with Crippen LogP contribution in [0.25, 0.3) is 0 Å². The van der Waals surface area contributed by atoms with Crippen LogP contribution in [0.3, 0.4) is 0 Å². The van der Waals surface area contributed by atoms with Crippen LogP contribution in [0.5, 0.6) is 11.5 Å². The van der Waals surface area contributed by atoms with E-state index >= 15 is 0 Å². The van der Waals surface area contributed by atoms with E-state index in [1.807, 2.05) is 52.3 Å². The van der Waals surface area contributed by atoms with Crippen molar-refractivity contribution in [2.45, 2.75) is 12.5 Å². The van der Waals surface area contributed by atoms with E-state index in [0.29, 0.717) is 44.2 Å². The second-order valence-electron chi connectivity index (χ2n) is 7.89. The number of hydrogen-bond donors (Lipinski definition) is 0. The zero-order chi connectivity index (χ0) is 20.5. The summed E-state index contributed by atoms with van der Waals surface area (Å²) in [4.78, 5) is 31.5. The van der Waals surface area contributed by atoms with Gasteiger partial charge in [0.2, 0.25) is 12.0 Å². The number of para-hydroxylation sites is 3. The second-order valence-corrected chi connectivity index (χ2v) is 7.89. The third-order valence-corrected chi connectivity index (χ3v) is 6.02. The molecule has 1 atom stereocenters. The zero-order valence-electron chi connectivity index (χ0n) is 16.8. The number of rotatable bonds is 3. The molecule has 0 saturated carbocycles. The summed E-state index contributed by atoms with van der Waals surface area (Å²) in [7, 11) is 0. The maximum Gasteiger partial charge on any atom is 0.267 e. The monoisotopic (exact) mass is 407 g/mol. The van der Waals surface area contributed by atoms with E-state index in [9.17, 15) is 9.59 Å². The van der Waals surface area contributed by atoms with Crippen LogP contribution in [0.15, 0.2) is 48.5 Å². The highest BCUT2D eigenvalue weighted by atomic mass is 16.6. The Hall–Kier alpha value is -3.06. The van der Waals surface area contributed by atoms with Gasteiger partial charge in [-0.05, 0) is 30.2 Å². The number of nitrogens with zero attached hydrogens (tertiary/aromatic N) is 3. The predicted octanol–water partition coefficient (Wildman–Crippen LogP) is 1.56. The number of fused-ring (bicyclic) bond motifs is 2. The Morgan fingerprint density at radius 3 is 2.47 bits per heavy atom. The van der Waals surface area contributed by atoms with E-state index in [-0.39, 0.29) is 18.4 Å². The molecule has 2 aromatic carbocycles. The minimum absolute atomic E-state index is 0.0519. The normalized spacial score (nSPS) is 20.7. The Labute approximate surface area is 175 Å². The first-order valence-electron chi connectivity index (χ1n) is 10.5. The molecular formula is C23H25N3O4. The number of carbonyl (C=O) groups excluding carboxylic acids is 2. The summed E-state index contributed by atoms with van der Waals surface area (Å²) in [5.74, 6) is 1.36. The van der Waals surface area contributed by atoms with Crippen LogP contribution in [0, 0.1) is 0 Å². The van der Waals surface area contributed by atoms with Crippen molar-refractivity contribution >= 4 is 17.5 Å². The van der Waals surface area contributed by atoms with Gasteiger partial charge in [0.15, 0.2) is 11.5 Å². The Morgan fingerprint density at radius 1 is 0.900 bits per heavy atom. The van der Waals surface area contributed by atoms with E-state index in [4.69, 9.17) is 9.47 Å². The van der Waals surface area contributed by atoms with Gasteiger partial charge < -0.3 is 19.3 Å². The summed E-state index contributed by atoms with van der Waals surface area (Å²) in [6.07, 6.45) is 0.297. The molecule has 156 valence electrons. The molecule has 0 radical (unpaired) electrons. The van der Waals surface area contributed by atoms with Gasteiger partial charge in [-0.25, -0.2) is 0 Å². The highest BCUT2D eigenvalue weighted by Gasteiger charge is 2.33. The van der Waals surface area contributed by atoms with Gasteiger partial charge in [-0.15, -0.1) is 0 Å². The van der Waals surface area contributed by atoms with Crippen molar-refractivity contribution in [3.8, 4) is 11.5 Å². The average Bonchev–Trinajstić information content (AvgIpc) is 3.23. The van der Waals surface area contributed by atoms with Gasteiger partial charge >= 0.3 is 0 Å². The first-order valence-corrected chi connectivity index (χ1v) is 10.5. The summed E-state index contributed by atoms with van der Waals surface area (Å²) in [6, 6.07) is 15.5. The number of ether oxygens (including phenoxy) is 2. The number of benzene rings is 2. The molecule has 0 bridgehead atoms. The van der Waals surface area contributed by atoms with Gasteiger partial charge in [0.05, 0.1) is 6.54 Å². The van der Waals surface area contributed by atoms with Gasteiger partial charge in [0, 0.05) is 38.4 Å². The second kappa shape index (κ2) is 7.99. The smallest absolute Gasteiger partial charge is 0.267 e. The molecular weight excluding hydrogens is 382 g/mol. The van der Waals surface area contributed by atoms with Crippen molar-refractivity contribution in [3.63, 3.8) is 0 Å². The van der Waals surface area contributed by atoms with Crippen molar-refractivity contribution in [3.05, 3.63) is 54.1 Å². The molecule has 5 rings (SSSR count). The Bertz CT molecular complexity index is 955. The Morgan fingerprint density at radius 2 is 1.63 bits per heavy atom. The minimum atomic E-state index is -0.616. The lowest BCUT2D eigenvalue weighted by Gasteiger charge is -2.37. The molecule has 2 aromatic rings. The molecule has 0 aliphatic carbocycles. The first-order chi connectivity index (χ1) is 14.7. The van der Waals surface area contributed by atoms with Crippen LogP contribution in [-0.4, -0.2) is 73.6 Å². The molecule has 0 N–H and O–H groups in total. The number of anilines is 1. The fourth-order valence-electron chi connectivity index (χ4n) is 4.35. The van der Waals surface area contributed by atoms with Gasteiger partial charge in [-0.2, -0.15) is 0 Å². The summed E-state index contributed by atoms with van der Waals surface area (Å²) in [6.45, 7) is 3.88. The topological polar surface area (TPSA) is 62.3 Å². The van der Waals surface area contributed by atoms with Crippen molar-refractivity contribution in [1.82, 2.24) is 9.80 Å². The summed E-state index contributed by atoms with van der Waals surface area (Å²) >= 11 is 0. The number of hydrogen-bond acceptors (Lipinski definition) is 5. The first kappa shape index (κ1) is 18.9. The summed E-state index contributed by atoms with van der Waals surface area (Å²) in [5.41, 5.74) is 2.27. The van der Waals surface area contributed by atoms with E-state index in [1.165, 1.54) is 5.56 Å². The molecule has 3 heterocycles. The molecule has 7 nitrogen and oxygen atoms in total. The van der Waals surface area contributed by atoms with E-state index < -0.39 is 6.10 Å². The Balaban J connectivity index is 1.14. The maximum absolute atomic E-state index is 12.9. The molecule has 0 aromatic heterocycles. The van der Waals surface area contributed by atoms with Crippen LogP contribution in [0.2, 0.25) is 0 Å².